The second kappa shape index (κ2) is 8.61. The minimum absolute atomic E-state index is 0.0964. The molecule has 2 heterocycles. The van der Waals surface area contributed by atoms with Crippen LogP contribution in [-0.2, 0) is 17.5 Å². The summed E-state index contributed by atoms with van der Waals surface area (Å²) in [6.07, 6.45) is 4.84. The van der Waals surface area contributed by atoms with Crippen LogP contribution in [0.4, 0.5) is 5.69 Å². The Morgan fingerprint density at radius 1 is 1.13 bits per heavy atom. The molecule has 8 heteroatoms. The van der Waals surface area contributed by atoms with Crippen LogP contribution in [0.15, 0.2) is 71.9 Å². The standard InChI is InChI=1S/C22H16ClN3O3S/c23-17-3-1-2-15(10-17)11-20-21(27)18-12-16(4-5-19(18)26-30(20)29)22(28)25-13-14-6-8-24-9-7-14/h1-12,26H,13H2,(H,25,28)/b20-11+. The summed E-state index contributed by atoms with van der Waals surface area (Å²) in [5.41, 5.74) is 2.63. The monoisotopic (exact) mass is 437 g/mol. The molecule has 0 radical (unpaired) electrons. The van der Waals surface area contributed by atoms with Crippen molar-refractivity contribution in [2.24, 2.45) is 0 Å². The van der Waals surface area contributed by atoms with E-state index in [2.05, 4.69) is 15.0 Å². The Bertz CT molecular complexity index is 1200. The molecule has 1 aliphatic heterocycles. The molecule has 2 aromatic carbocycles. The molecule has 30 heavy (non-hydrogen) atoms. The van der Waals surface area contributed by atoms with Crippen LogP contribution in [-0.4, -0.2) is 20.9 Å². The number of ketones is 1. The predicted octanol–water partition coefficient (Wildman–Crippen LogP) is 3.98. The van der Waals surface area contributed by atoms with Crippen molar-refractivity contribution in [3.63, 3.8) is 0 Å². The Morgan fingerprint density at radius 2 is 1.93 bits per heavy atom. The van der Waals surface area contributed by atoms with Crippen LogP contribution in [0.2, 0.25) is 5.02 Å². The van der Waals surface area contributed by atoms with Crippen LogP contribution in [0.3, 0.4) is 0 Å². The molecule has 1 aliphatic rings. The summed E-state index contributed by atoms with van der Waals surface area (Å²) in [6, 6.07) is 15.2. The summed E-state index contributed by atoms with van der Waals surface area (Å²) >= 11 is 5.99. The molecule has 0 saturated carbocycles. The van der Waals surface area contributed by atoms with E-state index in [1.54, 1.807) is 48.8 Å². The van der Waals surface area contributed by atoms with Gasteiger partial charge in [-0.15, -0.1) is 0 Å². The lowest BCUT2D eigenvalue weighted by Crippen LogP contribution is -2.25. The molecule has 3 aromatic rings. The van der Waals surface area contributed by atoms with Gasteiger partial charge in [-0.1, -0.05) is 23.7 Å². The van der Waals surface area contributed by atoms with Crippen molar-refractivity contribution in [1.29, 1.82) is 0 Å². The van der Waals surface area contributed by atoms with E-state index in [0.717, 1.165) is 5.56 Å². The summed E-state index contributed by atoms with van der Waals surface area (Å²) in [5.74, 6) is -0.708. The van der Waals surface area contributed by atoms with Crippen LogP contribution < -0.4 is 10.0 Å². The van der Waals surface area contributed by atoms with Crippen LogP contribution in [0, 0.1) is 0 Å². The number of carbonyl (C=O) groups is 2. The maximum Gasteiger partial charge on any atom is 0.251 e. The van der Waals surface area contributed by atoms with Crippen molar-refractivity contribution in [2.45, 2.75) is 6.54 Å². The van der Waals surface area contributed by atoms with Gasteiger partial charge in [-0.3, -0.25) is 14.6 Å². The number of allylic oxidation sites excluding steroid dienone is 1. The zero-order chi connectivity index (χ0) is 21.1. The number of Topliss-reactive ketones (excluding diaryl/α,β-unsaturated/α-hetero) is 1. The average molecular weight is 438 g/mol. The number of pyridine rings is 1. The SMILES string of the molecule is O=C(NCc1ccncc1)c1ccc2c(c1)C(=O)/C(=C\c1cccc(Cl)c1)S(=O)N2. The van der Waals surface area contributed by atoms with Crippen LogP contribution >= 0.6 is 11.6 Å². The lowest BCUT2D eigenvalue weighted by molar-refractivity contribution is 0.0951. The van der Waals surface area contributed by atoms with Gasteiger partial charge in [0.25, 0.3) is 5.91 Å². The molecular formula is C22H16ClN3O3S. The highest BCUT2D eigenvalue weighted by atomic mass is 35.5. The molecular weight excluding hydrogens is 422 g/mol. The van der Waals surface area contributed by atoms with Gasteiger partial charge in [0, 0.05) is 35.1 Å². The molecule has 1 amide bonds. The summed E-state index contributed by atoms with van der Waals surface area (Å²) < 4.78 is 15.3. The van der Waals surface area contributed by atoms with E-state index in [-0.39, 0.29) is 10.8 Å². The van der Waals surface area contributed by atoms with Crippen LogP contribution in [0.5, 0.6) is 0 Å². The normalized spacial score (nSPS) is 16.6. The first kappa shape index (κ1) is 20.0. The Balaban J connectivity index is 1.59. The van der Waals surface area contributed by atoms with Gasteiger partial charge >= 0.3 is 0 Å². The highest BCUT2D eigenvalue weighted by Gasteiger charge is 2.28. The molecule has 4 rings (SSSR count). The number of hydrogen-bond acceptors (Lipinski definition) is 4. The minimum atomic E-state index is -1.71. The van der Waals surface area contributed by atoms with E-state index in [1.807, 2.05) is 12.1 Å². The number of nitrogens with zero attached hydrogens (tertiary/aromatic N) is 1. The van der Waals surface area contributed by atoms with Gasteiger partial charge < -0.3 is 10.0 Å². The van der Waals surface area contributed by atoms with Crippen molar-refractivity contribution in [2.75, 3.05) is 4.72 Å². The number of hydrogen-bond donors (Lipinski definition) is 2. The van der Waals surface area contributed by atoms with E-state index in [9.17, 15) is 13.8 Å². The van der Waals surface area contributed by atoms with E-state index in [1.165, 1.54) is 12.1 Å². The lowest BCUT2D eigenvalue weighted by atomic mass is 10.0. The molecule has 0 aliphatic carbocycles. The van der Waals surface area contributed by atoms with Crippen molar-refractivity contribution in [3.8, 4) is 0 Å². The number of amides is 1. The summed E-state index contributed by atoms with van der Waals surface area (Å²) in [6.45, 7) is 0.342. The molecule has 6 nitrogen and oxygen atoms in total. The van der Waals surface area contributed by atoms with E-state index in [0.29, 0.717) is 33.9 Å². The van der Waals surface area contributed by atoms with Crippen molar-refractivity contribution in [3.05, 3.63) is 99.2 Å². The van der Waals surface area contributed by atoms with Crippen molar-refractivity contribution in [1.82, 2.24) is 10.3 Å². The number of rotatable bonds is 4. The first-order valence-corrected chi connectivity index (χ1v) is 10.6. The Kier molecular flexibility index (Phi) is 5.74. The molecule has 0 fully saturated rings. The van der Waals surface area contributed by atoms with Gasteiger partial charge in [-0.05, 0) is 59.7 Å². The third-order valence-electron chi connectivity index (χ3n) is 4.50. The maximum absolute atomic E-state index is 13.0. The van der Waals surface area contributed by atoms with Gasteiger partial charge in [0.15, 0.2) is 11.0 Å². The summed E-state index contributed by atoms with van der Waals surface area (Å²) in [5, 5.41) is 3.33. The number of halogens is 1. The third-order valence-corrected chi connectivity index (χ3v) is 5.84. The van der Waals surface area contributed by atoms with Gasteiger partial charge in [0.05, 0.1) is 5.69 Å². The maximum atomic E-state index is 13.0. The number of aromatic nitrogens is 1. The second-order valence-corrected chi connectivity index (χ2v) is 8.18. The number of benzene rings is 2. The highest BCUT2D eigenvalue weighted by Crippen LogP contribution is 2.30. The molecule has 1 unspecified atom stereocenters. The summed E-state index contributed by atoms with van der Waals surface area (Å²) in [4.78, 5) is 29.6. The van der Waals surface area contributed by atoms with Gasteiger partial charge in [-0.25, -0.2) is 4.21 Å². The smallest absolute Gasteiger partial charge is 0.251 e. The van der Waals surface area contributed by atoms with Crippen molar-refractivity contribution < 1.29 is 13.8 Å². The molecule has 1 atom stereocenters. The topological polar surface area (TPSA) is 88.2 Å². The Labute approximate surface area is 180 Å². The molecule has 150 valence electrons. The van der Waals surface area contributed by atoms with E-state index in [4.69, 9.17) is 11.6 Å². The third kappa shape index (κ3) is 4.32. The van der Waals surface area contributed by atoms with Gasteiger partial charge in [0.1, 0.15) is 4.91 Å². The fraction of sp³-hybridized carbons (Fsp3) is 0.0455. The molecule has 1 aromatic heterocycles. The number of carbonyl (C=O) groups excluding carboxylic acids is 2. The molecule has 0 bridgehead atoms. The number of nitrogens with one attached hydrogen (secondary N) is 2. The van der Waals surface area contributed by atoms with Gasteiger partial charge in [-0.2, -0.15) is 0 Å². The molecule has 2 N–H and O–H groups in total. The quantitative estimate of drug-likeness (QED) is 0.604. The number of fused-ring (bicyclic) bond motifs is 1. The van der Waals surface area contributed by atoms with Crippen LogP contribution in [0.1, 0.15) is 31.8 Å². The van der Waals surface area contributed by atoms with Gasteiger partial charge in [0.2, 0.25) is 5.78 Å². The van der Waals surface area contributed by atoms with Crippen molar-refractivity contribution >= 4 is 46.0 Å². The van der Waals surface area contributed by atoms with E-state index < -0.39 is 16.8 Å². The highest BCUT2D eigenvalue weighted by molar-refractivity contribution is 7.91. The number of anilines is 1. The zero-order valence-electron chi connectivity index (χ0n) is 15.6. The first-order chi connectivity index (χ1) is 14.5. The molecule has 0 spiro atoms. The minimum Gasteiger partial charge on any atom is -0.348 e. The first-order valence-electron chi connectivity index (χ1n) is 9.03. The summed E-state index contributed by atoms with van der Waals surface area (Å²) in [7, 11) is -1.71. The zero-order valence-corrected chi connectivity index (χ0v) is 17.2. The molecule has 0 saturated heterocycles. The largest absolute Gasteiger partial charge is 0.348 e. The van der Waals surface area contributed by atoms with Crippen LogP contribution in [0.25, 0.3) is 6.08 Å². The second-order valence-electron chi connectivity index (χ2n) is 6.56. The predicted molar refractivity (Wildman–Crippen MR) is 117 cm³/mol. The Morgan fingerprint density at radius 3 is 2.70 bits per heavy atom. The fourth-order valence-corrected chi connectivity index (χ4v) is 4.19. The van der Waals surface area contributed by atoms with E-state index >= 15 is 0 Å². The average Bonchev–Trinajstić information content (AvgIpc) is 2.75. The Hall–Kier alpha value is -3.29. The lowest BCUT2D eigenvalue weighted by Gasteiger charge is -2.19. The fourth-order valence-electron chi connectivity index (χ4n) is 2.99.